The van der Waals surface area contributed by atoms with E-state index in [1.54, 1.807) is 11.8 Å². The summed E-state index contributed by atoms with van der Waals surface area (Å²) in [5.74, 6) is 2.00. The van der Waals surface area contributed by atoms with Crippen LogP contribution in [0, 0.1) is 5.92 Å². The van der Waals surface area contributed by atoms with Crippen molar-refractivity contribution in [1.29, 1.82) is 0 Å². The van der Waals surface area contributed by atoms with Crippen molar-refractivity contribution < 1.29 is 0 Å². The predicted octanol–water partition coefficient (Wildman–Crippen LogP) is 7.99. The zero-order valence-corrected chi connectivity index (χ0v) is 17.2. The summed E-state index contributed by atoms with van der Waals surface area (Å²) in [6, 6.07) is 18.1. The minimum atomic E-state index is 0.772. The molecule has 4 heteroatoms. The third-order valence-corrected chi connectivity index (χ3v) is 6.59. The van der Waals surface area contributed by atoms with Gasteiger partial charge in [0.05, 0.1) is 10.7 Å². The summed E-state index contributed by atoms with van der Waals surface area (Å²) < 4.78 is 0. The number of benzene rings is 2. The number of thioether (sulfide) groups is 2. The fourth-order valence-corrected chi connectivity index (χ4v) is 5.14. The Balaban J connectivity index is 1.65. The quantitative estimate of drug-likeness (QED) is 0.276. The first-order valence-corrected chi connectivity index (χ1v) is 11.4. The molecule has 2 aromatic carbocycles. The standard InChI is InChI=1S/C22H24ClNS2/c23-19-10-7-13-21(16-19)25-15-14-22(24-20-11-5-2-6-12-20)26-17-18-8-3-1-4-9-18/h2,5-7,10-16,18H,1,3-4,8-9,17H2. The van der Waals surface area contributed by atoms with Crippen LogP contribution in [0.5, 0.6) is 0 Å². The summed E-state index contributed by atoms with van der Waals surface area (Å²) in [4.78, 5) is 5.99. The number of hydrogen-bond acceptors (Lipinski definition) is 3. The molecule has 2 aromatic rings. The lowest BCUT2D eigenvalue weighted by Crippen LogP contribution is -2.09. The Morgan fingerprint density at radius 2 is 1.85 bits per heavy atom. The molecule has 1 aliphatic carbocycles. The van der Waals surface area contributed by atoms with Crippen molar-refractivity contribution in [3.63, 3.8) is 0 Å². The van der Waals surface area contributed by atoms with Gasteiger partial charge in [0.1, 0.15) is 0 Å². The fourth-order valence-electron chi connectivity index (χ4n) is 3.02. The van der Waals surface area contributed by atoms with Gasteiger partial charge in [0.25, 0.3) is 0 Å². The van der Waals surface area contributed by atoms with Gasteiger partial charge in [-0.05, 0) is 60.6 Å². The minimum absolute atomic E-state index is 0.772. The van der Waals surface area contributed by atoms with Crippen molar-refractivity contribution >= 4 is 45.9 Å². The number of nitrogens with zero attached hydrogens (tertiary/aromatic N) is 1. The molecule has 0 unspecified atom stereocenters. The van der Waals surface area contributed by atoms with Crippen LogP contribution in [0.3, 0.4) is 0 Å². The predicted molar refractivity (Wildman–Crippen MR) is 119 cm³/mol. The van der Waals surface area contributed by atoms with Crippen LogP contribution in [0.4, 0.5) is 5.69 Å². The van der Waals surface area contributed by atoms with Gasteiger partial charge >= 0.3 is 0 Å². The average Bonchev–Trinajstić information content (AvgIpc) is 2.68. The second kappa shape index (κ2) is 10.9. The Labute approximate surface area is 170 Å². The summed E-state index contributed by atoms with van der Waals surface area (Å²) in [6.45, 7) is 0. The molecule has 0 aliphatic heterocycles. The van der Waals surface area contributed by atoms with Crippen LogP contribution in [0.2, 0.25) is 5.02 Å². The lowest BCUT2D eigenvalue weighted by Gasteiger charge is -2.20. The highest BCUT2D eigenvalue weighted by Gasteiger charge is 2.14. The van der Waals surface area contributed by atoms with Crippen LogP contribution in [0.15, 0.2) is 76.0 Å². The minimum Gasteiger partial charge on any atom is -0.242 e. The van der Waals surface area contributed by atoms with Crippen molar-refractivity contribution in [2.45, 2.75) is 37.0 Å². The van der Waals surface area contributed by atoms with Gasteiger partial charge < -0.3 is 0 Å². The van der Waals surface area contributed by atoms with Crippen molar-refractivity contribution in [2.75, 3.05) is 5.75 Å². The molecular formula is C22H24ClNS2. The third-order valence-electron chi connectivity index (χ3n) is 4.40. The number of hydrogen-bond donors (Lipinski definition) is 0. The Morgan fingerprint density at radius 1 is 1.04 bits per heavy atom. The average molecular weight is 402 g/mol. The zero-order valence-electron chi connectivity index (χ0n) is 14.8. The van der Waals surface area contributed by atoms with Crippen LogP contribution >= 0.6 is 35.1 Å². The maximum absolute atomic E-state index is 6.06. The summed E-state index contributed by atoms with van der Waals surface area (Å²) in [7, 11) is 0. The molecule has 0 radical (unpaired) electrons. The van der Waals surface area contributed by atoms with Gasteiger partial charge in [-0.3, -0.25) is 0 Å². The van der Waals surface area contributed by atoms with E-state index in [0.717, 1.165) is 32.3 Å². The topological polar surface area (TPSA) is 12.4 Å². The van der Waals surface area contributed by atoms with Gasteiger partial charge in [-0.1, -0.05) is 66.9 Å². The molecule has 0 amide bonds. The van der Waals surface area contributed by atoms with E-state index in [1.165, 1.54) is 32.1 Å². The Hall–Kier alpha value is -1.16. The van der Waals surface area contributed by atoms with E-state index in [1.807, 2.05) is 48.2 Å². The smallest absolute Gasteiger partial charge is 0.0972 e. The molecule has 1 nitrogen and oxygen atoms in total. The van der Waals surface area contributed by atoms with Gasteiger partial charge in [0, 0.05) is 15.7 Å². The van der Waals surface area contributed by atoms with Crippen LogP contribution in [-0.2, 0) is 0 Å². The monoisotopic (exact) mass is 401 g/mol. The van der Waals surface area contributed by atoms with Crippen LogP contribution in [-0.4, -0.2) is 10.8 Å². The normalized spacial score (nSPS) is 16.3. The molecule has 0 heterocycles. The Morgan fingerprint density at radius 3 is 2.62 bits per heavy atom. The largest absolute Gasteiger partial charge is 0.242 e. The number of para-hydroxylation sites is 1. The van der Waals surface area contributed by atoms with Gasteiger partial charge in [-0.15, -0.1) is 11.8 Å². The molecule has 136 valence electrons. The number of rotatable bonds is 6. The lowest BCUT2D eigenvalue weighted by molar-refractivity contribution is 0.391. The molecule has 0 saturated heterocycles. The summed E-state index contributed by atoms with van der Waals surface area (Å²) in [5, 5.41) is 3.96. The van der Waals surface area contributed by atoms with Crippen molar-refractivity contribution in [3.05, 3.63) is 71.1 Å². The van der Waals surface area contributed by atoms with Gasteiger partial charge in [0.2, 0.25) is 0 Å². The highest BCUT2D eigenvalue weighted by atomic mass is 35.5. The summed E-state index contributed by atoms with van der Waals surface area (Å²) in [5.41, 5.74) is 1.01. The molecule has 1 fully saturated rings. The van der Waals surface area contributed by atoms with Crippen LogP contribution < -0.4 is 0 Å². The van der Waals surface area contributed by atoms with Gasteiger partial charge in [-0.2, -0.15) is 0 Å². The van der Waals surface area contributed by atoms with E-state index in [-0.39, 0.29) is 0 Å². The second-order valence-corrected chi connectivity index (χ2v) is 8.93. The zero-order chi connectivity index (χ0) is 18.0. The van der Waals surface area contributed by atoms with Crippen molar-refractivity contribution in [1.82, 2.24) is 0 Å². The van der Waals surface area contributed by atoms with Gasteiger partial charge in [-0.25, -0.2) is 4.99 Å². The number of aliphatic imine (C=N–C) groups is 1. The van der Waals surface area contributed by atoms with Crippen LogP contribution in [0.1, 0.15) is 32.1 Å². The molecule has 3 rings (SSSR count). The van der Waals surface area contributed by atoms with E-state index in [9.17, 15) is 0 Å². The van der Waals surface area contributed by atoms with E-state index in [0.29, 0.717) is 0 Å². The molecule has 1 aliphatic rings. The highest BCUT2D eigenvalue weighted by Crippen LogP contribution is 2.29. The van der Waals surface area contributed by atoms with E-state index >= 15 is 0 Å². The fraction of sp³-hybridized carbons (Fsp3) is 0.318. The Bertz CT molecular complexity index is 737. The molecule has 0 N–H and O–H groups in total. The first-order valence-electron chi connectivity index (χ1n) is 9.15. The van der Waals surface area contributed by atoms with Crippen molar-refractivity contribution in [2.24, 2.45) is 10.9 Å². The van der Waals surface area contributed by atoms with E-state index in [4.69, 9.17) is 16.6 Å². The summed E-state index contributed by atoms with van der Waals surface area (Å²) >= 11 is 9.62. The van der Waals surface area contributed by atoms with Crippen LogP contribution in [0.25, 0.3) is 0 Å². The molecule has 0 aromatic heterocycles. The van der Waals surface area contributed by atoms with Crippen molar-refractivity contribution in [3.8, 4) is 0 Å². The SMILES string of the molecule is Clc1cccc(SC=CC(=Nc2ccccc2)SCC2CCCCC2)c1. The third kappa shape index (κ3) is 6.86. The van der Waals surface area contributed by atoms with E-state index in [2.05, 4.69) is 29.7 Å². The molecule has 0 atom stereocenters. The maximum Gasteiger partial charge on any atom is 0.0972 e. The first-order chi connectivity index (χ1) is 12.8. The Kier molecular flexibility index (Phi) is 8.19. The molecule has 26 heavy (non-hydrogen) atoms. The molecule has 1 saturated carbocycles. The van der Waals surface area contributed by atoms with E-state index < -0.39 is 0 Å². The highest BCUT2D eigenvalue weighted by molar-refractivity contribution is 8.14. The van der Waals surface area contributed by atoms with Gasteiger partial charge in [0.15, 0.2) is 0 Å². The molecular weight excluding hydrogens is 378 g/mol. The molecule has 0 spiro atoms. The summed E-state index contributed by atoms with van der Waals surface area (Å²) in [6.07, 6.45) is 9.04. The second-order valence-electron chi connectivity index (χ2n) is 6.48. The lowest BCUT2D eigenvalue weighted by atomic mass is 9.91. The number of halogens is 1. The first kappa shape index (κ1) is 19.6. The molecule has 0 bridgehead atoms. The maximum atomic E-state index is 6.06.